The first kappa shape index (κ1) is 9.68. The number of hydrogen-bond acceptors (Lipinski definition) is 3. The van der Waals surface area contributed by atoms with Gasteiger partial charge in [0.2, 0.25) is 0 Å². The summed E-state index contributed by atoms with van der Waals surface area (Å²) in [5, 5.41) is 10.3. The molecule has 1 aromatic heterocycles. The molecular weight excluding hydrogens is 178 g/mol. The summed E-state index contributed by atoms with van der Waals surface area (Å²) in [6.45, 7) is 0. The summed E-state index contributed by atoms with van der Waals surface area (Å²) in [6, 6.07) is 0.249. The van der Waals surface area contributed by atoms with Crippen molar-refractivity contribution in [2.45, 2.75) is 37.3 Å². The maximum atomic E-state index is 10.3. The number of rotatable bonds is 1. The highest BCUT2D eigenvalue weighted by Gasteiger charge is 2.35. The first-order valence-corrected chi connectivity index (χ1v) is 5.06. The molecule has 1 aliphatic rings. The van der Waals surface area contributed by atoms with E-state index in [0.29, 0.717) is 0 Å². The minimum Gasteiger partial charge on any atom is -0.383 e. The van der Waals surface area contributed by atoms with Crippen molar-refractivity contribution >= 4 is 0 Å². The number of aryl methyl sites for hydroxylation is 1. The van der Waals surface area contributed by atoms with Gasteiger partial charge in [0.15, 0.2) is 0 Å². The van der Waals surface area contributed by atoms with E-state index < -0.39 is 5.60 Å². The third-order valence-electron chi connectivity index (χ3n) is 3.04. The second kappa shape index (κ2) is 3.37. The van der Waals surface area contributed by atoms with Crippen molar-refractivity contribution in [1.82, 2.24) is 9.55 Å². The summed E-state index contributed by atoms with van der Waals surface area (Å²) in [5.74, 6) is 0. The summed E-state index contributed by atoms with van der Waals surface area (Å²) in [4.78, 5) is 4.21. The van der Waals surface area contributed by atoms with Gasteiger partial charge < -0.3 is 15.4 Å². The molecule has 0 spiro atoms. The third kappa shape index (κ3) is 1.67. The average Bonchev–Trinajstić information content (AvgIpc) is 2.58. The molecule has 0 atom stereocenters. The standard InChI is InChI=1S/C10H17N3O/c1-13-6-9(12-7-13)10(14)4-2-8(11)3-5-10/h6-8,14H,2-5,11H2,1H3. The van der Waals surface area contributed by atoms with E-state index in [4.69, 9.17) is 5.73 Å². The molecule has 1 aliphatic carbocycles. The Bertz CT molecular complexity index is 313. The lowest BCUT2D eigenvalue weighted by Crippen LogP contribution is -2.37. The van der Waals surface area contributed by atoms with Crippen molar-refractivity contribution in [3.05, 3.63) is 18.2 Å². The molecule has 78 valence electrons. The summed E-state index contributed by atoms with van der Waals surface area (Å²) in [7, 11) is 1.91. The van der Waals surface area contributed by atoms with Crippen LogP contribution in [0, 0.1) is 0 Å². The molecule has 1 heterocycles. The van der Waals surface area contributed by atoms with Crippen LogP contribution in [-0.2, 0) is 12.6 Å². The summed E-state index contributed by atoms with van der Waals surface area (Å²) in [5.41, 5.74) is 5.85. The van der Waals surface area contributed by atoms with Crippen molar-refractivity contribution < 1.29 is 5.11 Å². The van der Waals surface area contributed by atoms with Crippen LogP contribution in [0.4, 0.5) is 0 Å². The van der Waals surface area contributed by atoms with Gasteiger partial charge in [-0.05, 0) is 25.7 Å². The zero-order chi connectivity index (χ0) is 10.2. The highest BCUT2D eigenvalue weighted by molar-refractivity contribution is 5.10. The van der Waals surface area contributed by atoms with E-state index in [2.05, 4.69) is 4.98 Å². The topological polar surface area (TPSA) is 64.1 Å². The maximum Gasteiger partial charge on any atom is 0.108 e. The molecule has 4 nitrogen and oxygen atoms in total. The zero-order valence-electron chi connectivity index (χ0n) is 8.48. The van der Waals surface area contributed by atoms with Crippen LogP contribution in [0.15, 0.2) is 12.5 Å². The molecule has 1 saturated carbocycles. The first-order chi connectivity index (χ1) is 6.60. The molecule has 0 aromatic carbocycles. The van der Waals surface area contributed by atoms with Crippen LogP contribution in [0.2, 0.25) is 0 Å². The fraction of sp³-hybridized carbons (Fsp3) is 0.700. The van der Waals surface area contributed by atoms with E-state index in [1.807, 2.05) is 17.8 Å². The van der Waals surface area contributed by atoms with E-state index in [1.54, 1.807) is 6.33 Å². The monoisotopic (exact) mass is 195 g/mol. The van der Waals surface area contributed by atoms with E-state index in [0.717, 1.165) is 31.4 Å². The van der Waals surface area contributed by atoms with Gasteiger partial charge in [-0.15, -0.1) is 0 Å². The van der Waals surface area contributed by atoms with Gasteiger partial charge in [-0.3, -0.25) is 0 Å². The van der Waals surface area contributed by atoms with E-state index in [9.17, 15) is 5.11 Å². The Morgan fingerprint density at radius 1 is 1.57 bits per heavy atom. The largest absolute Gasteiger partial charge is 0.383 e. The Morgan fingerprint density at radius 3 is 2.71 bits per heavy atom. The van der Waals surface area contributed by atoms with Crippen LogP contribution in [0.1, 0.15) is 31.4 Å². The lowest BCUT2D eigenvalue weighted by Gasteiger charge is -2.33. The smallest absolute Gasteiger partial charge is 0.108 e. The fourth-order valence-corrected chi connectivity index (χ4v) is 2.03. The predicted octanol–water partition coefficient (Wildman–Crippen LogP) is 0.509. The van der Waals surface area contributed by atoms with Crippen LogP contribution in [0.3, 0.4) is 0 Å². The molecule has 0 saturated heterocycles. The molecule has 0 radical (unpaired) electrons. The zero-order valence-corrected chi connectivity index (χ0v) is 8.48. The van der Waals surface area contributed by atoms with Crippen LogP contribution in [-0.4, -0.2) is 20.7 Å². The van der Waals surface area contributed by atoms with Gasteiger partial charge in [-0.2, -0.15) is 0 Å². The average molecular weight is 195 g/mol. The van der Waals surface area contributed by atoms with Gasteiger partial charge >= 0.3 is 0 Å². The number of imidazole rings is 1. The van der Waals surface area contributed by atoms with Crippen molar-refractivity contribution in [3.8, 4) is 0 Å². The molecular formula is C10H17N3O. The van der Waals surface area contributed by atoms with Gasteiger partial charge in [0.1, 0.15) is 5.60 Å². The Morgan fingerprint density at radius 2 is 2.21 bits per heavy atom. The van der Waals surface area contributed by atoms with Gasteiger partial charge in [-0.1, -0.05) is 0 Å². The lowest BCUT2D eigenvalue weighted by atomic mass is 9.81. The van der Waals surface area contributed by atoms with Crippen LogP contribution >= 0.6 is 0 Å². The summed E-state index contributed by atoms with van der Waals surface area (Å²) >= 11 is 0. The Balaban J connectivity index is 2.16. The lowest BCUT2D eigenvalue weighted by molar-refractivity contribution is -0.00859. The number of nitrogens with zero attached hydrogens (tertiary/aromatic N) is 2. The molecule has 14 heavy (non-hydrogen) atoms. The van der Waals surface area contributed by atoms with Gasteiger partial charge in [0.05, 0.1) is 12.0 Å². The van der Waals surface area contributed by atoms with Crippen molar-refractivity contribution in [3.63, 3.8) is 0 Å². The van der Waals surface area contributed by atoms with Crippen molar-refractivity contribution in [2.24, 2.45) is 12.8 Å². The van der Waals surface area contributed by atoms with E-state index in [1.165, 1.54) is 0 Å². The van der Waals surface area contributed by atoms with Crippen LogP contribution in [0.25, 0.3) is 0 Å². The number of hydrogen-bond donors (Lipinski definition) is 2. The van der Waals surface area contributed by atoms with Gasteiger partial charge in [0.25, 0.3) is 0 Å². The molecule has 0 amide bonds. The second-order valence-electron chi connectivity index (χ2n) is 4.29. The summed E-state index contributed by atoms with van der Waals surface area (Å²) < 4.78 is 1.86. The molecule has 0 bridgehead atoms. The number of aliphatic hydroxyl groups is 1. The van der Waals surface area contributed by atoms with E-state index in [-0.39, 0.29) is 6.04 Å². The normalized spacial score (nSPS) is 33.2. The fourth-order valence-electron chi connectivity index (χ4n) is 2.03. The predicted molar refractivity (Wildman–Crippen MR) is 53.5 cm³/mol. The van der Waals surface area contributed by atoms with Gasteiger partial charge in [0, 0.05) is 19.3 Å². The Labute approximate surface area is 83.8 Å². The first-order valence-electron chi connectivity index (χ1n) is 5.06. The highest BCUT2D eigenvalue weighted by atomic mass is 16.3. The SMILES string of the molecule is Cn1cnc(C2(O)CCC(N)CC2)c1. The van der Waals surface area contributed by atoms with Gasteiger partial charge in [-0.25, -0.2) is 4.98 Å². The van der Waals surface area contributed by atoms with E-state index >= 15 is 0 Å². The van der Waals surface area contributed by atoms with Crippen molar-refractivity contribution in [1.29, 1.82) is 0 Å². The molecule has 0 aliphatic heterocycles. The number of aromatic nitrogens is 2. The highest BCUT2D eigenvalue weighted by Crippen LogP contribution is 2.35. The Hall–Kier alpha value is -0.870. The molecule has 2 rings (SSSR count). The van der Waals surface area contributed by atoms with Crippen LogP contribution < -0.4 is 5.73 Å². The molecule has 0 unspecified atom stereocenters. The number of nitrogens with two attached hydrogens (primary N) is 1. The van der Waals surface area contributed by atoms with Crippen molar-refractivity contribution in [2.75, 3.05) is 0 Å². The molecule has 1 fully saturated rings. The quantitative estimate of drug-likeness (QED) is 0.686. The minimum atomic E-state index is -0.739. The minimum absolute atomic E-state index is 0.249. The second-order valence-corrected chi connectivity index (χ2v) is 4.29. The van der Waals surface area contributed by atoms with Crippen LogP contribution in [0.5, 0.6) is 0 Å². The molecule has 4 heteroatoms. The Kier molecular flexibility index (Phi) is 2.33. The maximum absolute atomic E-state index is 10.3. The third-order valence-corrected chi connectivity index (χ3v) is 3.04. The molecule has 1 aromatic rings. The molecule has 3 N–H and O–H groups in total. The summed E-state index contributed by atoms with van der Waals surface area (Å²) in [6.07, 6.45) is 6.83.